The van der Waals surface area contributed by atoms with Gasteiger partial charge in [0.05, 0.1) is 0 Å². The van der Waals surface area contributed by atoms with Crippen molar-refractivity contribution in [3.63, 3.8) is 0 Å². The molecule has 4 heteroatoms. The van der Waals surface area contributed by atoms with E-state index in [0.717, 1.165) is 89.8 Å². The predicted octanol–water partition coefficient (Wildman–Crippen LogP) is 14.2. The van der Waals surface area contributed by atoms with Crippen LogP contribution >= 0.6 is 0 Å². The SMILES string of the molecule is c1ccc(-c2cccc(-c3nc(-c4cccc(-c5ccccc5)c4)nc(-c4cc(-c5ccc(C67CC8CC(CC(C8)C6)C7)cc5)c5oc6ccccc6c5c4)n3)c2)cc1. The molecule has 4 aliphatic rings. The van der Waals surface area contributed by atoms with Gasteiger partial charge in [0.25, 0.3) is 0 Å². The van der Waals surface area contributed by atoms with E-state index in [1.54, 1.807) is 0 Å². The summed E-state index contributed by atoms with van der Waals surface area (Å²) >= 11 is 0. The van der Waals surface area contributed by atoms with Crippen molar-refractivity contribution in [3.8, 4) is 67.5 Å². The molecule has 4 nitrogen and oxygen atoms in total. The normalized spacial score (nSPS) is 20.7. The Morgan fingerprint density at radius 2 is 0.881 bits per heavy atom. The summed E-state index contributed by atoms with van der Waals surface area (Å²) in [5.41, 5.74) is 13.1. The zero-order valence-corrected chi connectivity index (χ0v) is 32.9. The molecule has 2 aromatic heterocycles. The van der Waals surface area contributed by atoms with E-state index in [1.807, 2.05) is 18.2 Å². The molecule has 4 saturated carbocycles. The molecule has 0 N–H and O–H groups in total. The second kappa shape index (κ2) is 13.7. The van der Waals surface area contributed by atoms with Crippen molar-refractivity contribution in [2.24, 2.45) is 17.8 Å². The average molecular weight is 762 g/mol. The standard InChI is InChI=1S/C55H43N3O/c1-3-11-38(12-4-1)41-15-9-17-43(28-41)52-56-53(44-18-10-16-42(29-44)39-13-5-2-6-14-39)58-54(57-52)45-30-48(51-49(31-45)47-19-7-8-20-50(47)59-51)40-21-23-46(24-22-40)55-32-35-25-36(33-55)27-37(26-35)34-55/h1-24,28-31,35-37H,25-27,32-34H2. The molecule has 4 fully saturated rings. The number of benzene rings is 7. The van der Waals surface area contributed by atoms with Gasteiger partial charge in [0, 0.05) is 33.0 Å². The Labute approximate surface area is 344 Å². The molecule has 0 atom stereocenters. The van der Waals surface area contributed by atoms with Gasteiger partial charge in [0.15, 0.2) is 17.5 Å². The summed E-state index contributed by atoms with van der Waals surface area (Å²) in [6.07, 6.45) is 8.42. The third-order valence-electron chi connectivity index (χ3n) is 13.7. The minimum absolute atomic E-state index is 0.344. The van der Waals surface area contributed by atoms with Crippen LogP contribution in [-0.4, -0.2) is 15.0 Å². The predicted molar refractivity (Wildman–Crippen MR) is 240 cm³/mol. The smallest absolute Gasteiger partial charge is 0.164 e. The second-order valence-electron chi connectivity index (χ2n) is 17.5. The highest BCUT2D eigenvalue weighted by Gasteiger charge is 2.51. The Hall–Kier alpha value is -6.65. The number of fused-ring (bicyclic) bond motifs is 3. The van der Waals surface area contributed by atoms with E-state index in [0.29, 0.717) is 22.9 Å². The number of aromatic nitrogens is 3. The Morgan fingerprint density at radius 3 is 1.46 bits per heavy atom. The zero-order chi connectivity index (χ0) is 38.9. The molecule has 0 aliphatic heterocycles. The molecule has 59 heavy (non-hydrogen) atoms. The van der Waals surface area contributed by atoms with Crippen molar-refractivity contribution in [1.82, 2.24) is 15.0 Å². The molecule has 4 bridgehead atoms. The van der Waals surface area contributed by atoms with Gasteiger partial charge in [0.1, 0.15) is 11.2 Å². The molecule has 7 aromatic carbocycles. The van der Waals surface area contributed by atoms with E-state index >= 15 is 0 Å². The highest BCUT2D eigenvalue weighted by atomic mass is 16.3. The third-order valence-corrected chi connectivity index (χ3v) is 13.7. The fourth-order valence-electron chi connectivity index (χ4n) is 11.3. The second-order valence-corrected chi connectivity index (χ2v) is 17.5. The van der Waals surface area contributed by atoms with Crippen molar-refractivity contribution < 1.29 is 4.42 Å². The van der Waals surface area contributed by atoms with Crippen LogP contribution in [0, 0.1) is 17.8 Å². The number of para-hydroxylation sites is 1. The molecule has 284 valence electrons. The molecular formula is C55H43N3O. The molecule has 0 saturated heterocycles. The van der Waals surface area contributed by atoms with Gasteiger partial charge in [-0.3, -0.25) is 0 Å². The van der Waals surface area contributed by atoms with Crippen LogP contribution in [0.1, 0.15) is 44.1 Å². The van der Waals surface area contributed by atoms with Crippen LogP contribution in [0.25, 0.3) is 89.5 Å². The van der Waals surface area contributed by atoms with Crippen LogP contribution < -0.4 is 0 Å². The minimum atomic E-state index is 0.344. The molecule has 9 aromatic rings. The average Bonchev–Trinajstić information content (AvgIpc) is 3.68. The summed E-state index contributed by atoms with van der Waals surface area (Å²) < 4.78 is 6.70. The van der Waals surface area contributed by atoms with Crippen molar-refractivity contribution in [3.05, 3.63) is 175 Å². The van der Waals surface area contributed by atoms with Gasteiger partial charge in [-0.15, -0.1) is 0 Å². The summed E-state index contributed by atoms with van der Waals surface area (Å²) in [6.45, 7) is 0. The van der Waals surface area contributed by atoms with Crippen molar-refractivity contribution >= 4 is 21.9 Å². The van der Waals surface area contributed by atoms with Crippen molar-refractivity contribution in [1.29, 1.82) is 0 Å². The van der Waals surface area contributed by atoms with Gasteiger partial charge >= 0.3 is 0 Å². The largest absolute Gasteiger partial charge is 0.455 e. The first-order valence-corrected chi connectivity index (χ1v) is 21.3. The summed E-state index contributed by atoms with van der Waals surface area (Å²) in [7, 11) is 0. The van der Waals surface area contributed by atoms with Crippen LogP contribution in [-0.2, 0) is 5.41 Å². The maximum atomic E-state index is 6.70. The molecular weight excluding hydrogens is 719 g/mol. The van der Waals surface area contributed by atoms with Crippen LogP contribution in [0.3, 0.4) is 0 Å². The first-order chi connectivity index (χ1) is 29.1. The Morgan fingerprint density at radius 1 is 0.390 bits per heavy atom. The molecule has 0 unspecified atom stereocenters. The zero-order valence-electron chi connectivity index (χ0n) is 32.9. The summed E-state index contributed by atoms with van der Waals surface area (Å²) in [6, 6.07) is 60.3. The van der Waals surface area contributed by atoms with Crippen LogP contribution in [0.2, 0.25) is 0 Å². The maximum Gasteiger partial charge on any atom is 0.164 e. The first kappa shape index (κ1) is 34.4. The third kappa shape index (κ3) is 6.09. The van der Waals surface area contributed by atoms with Gasteiger partial charge in [0.2, 0.25) is 0 Å². The van der Waals surface area contributed by atoms with E-state index in [1.165, 1.54) is 44.1 Å². The van der Waals surface area contributed by atoms with Gasteiger partial charge in [-0.1, -0.05) is 140 Å². The number of rotatable bonds is 7. The monoisotopic (exact) mass is 761 g/mol. The lowest BCUT2D eigenvalue weighted by Crippen LogP contribution is -2.48. The van der Waals surface area contributed by atoms with E-state index in [-0.39, 0.29) is 0 Å². The van der Waals surface area contributed by atoms with E-state index in [4.69, 9.17) is 19.4 Å². The lowest BCUT2D eigenvalue weighted by atomic mass is 9.48. The number of hydrogen-bond acceptors (Lipinski definition) is 4. The van der Waals surface area contributed by atoms with E-state index in [9.17, 15) is 0 Å². The van der Waals surface area contributed by atoms with Crippen molar-refractivity contribution in [2.75, 3.05) is 0 Å². The number of hydrogen-bond donors (Lipinski definition) is 0. The lowest BCUT2D eigenvalue weighted by molar-refractivity contribution is -0.00518. The fraction of sp³-hybridized carbons (Fsp3) is 0.182. The molecule has 0 amide bonds. The van der Waals surface area contributed by atoms with E-state index in [2.05, 4.69) is 152 Å². The molecule has 13 rings (SSSR count). The summed E-state index contributed by atoms with van der Waals surface area (Å²) in [5.74, 6) is 4.61. The van der Waals surface area contributed by atoms with Gasteiger partial charge < -0.3 is 4.42 Å². The maximum absolute atomic E-state index is 6.70. The molecule has 4 aliphatic carbocycles. The van der Waals surface area contributed by atoms with Gasteiger partial charge in [-0.2, -0.15) is 0 Å². The first-order valence-electron chi connectivity index (χ1n) is 21.3. The number of furan rings is 1. The van der Waals surface area contributed by atoms with Crippen LogP contribution in [0.15, 0.2) is 174 Å². The summed E-state index contributed by atoms with van der Waals surface area (Å²) in [5, 5.41) is 2.13. The van der Waals surface area contributed by atoms with Crippen LogP contribution in [0.4, 0.5) is 0 Å². The topological polar surface area (TPSA) is 51.8 Å². The quantitative estimate of drug-likeness (QED) is 0.162. The Bertz CT molecular complexity index is 2880. The minimum Gasteiger partial charge on any atom is -0.455 e. The summed E-state index contributed by atoms with van der Waals surface area (Å²) in [4.78, 5) is 15.8. The highest BCUT2D eigenvalue weighted by Crippen LogP contribution is 2.61. The number of nitrogens with zero attached hydrogens (tertiary/aromatic N) is 3. The molecule has 0 spiro atoms. The van der Waals surface area contributed by atoms with E-state index < -0.39 is 0 Å². The Balaban J connectivity index is 1.03. The lowest BCUT2D eigenvalue weighted by Gasteiger charge is -2.57. The van der Waals surface area contributed by atoms with Crippen LogP contribution in [0.5, 0.6) is 0 Å². The van der Waals surface area contributed by atoms with Gasteiger partial charge in [-0.05, 0) is 125 Å². The van der Waals surface area contributed by atoms with Gasteiger partial charge in [-0.25, -0.2) is 15.0 Å². The Kier molecular flexibility index (Phi) is 8.01. The fourth-order valence-corrected chi connectivity index (χ4v) is 11.3. The molecule has 2 heterocycles. The van der Waals surface area contributed by atoms with Crippen molar-refractivity contribution in [2.45, 2.75) is 43.9 Å². The molecule has 0 radical (unpaired) electrons. The highest BCUT2D eigenvalue weighted by molar-refractivity contribution is 6.11.